The quantitative estimate of drug-likeness (QED) is 0.454. The Morgan fingerprint density at radius 2 is 1.71 bits per heavy atom. The summed E-state index contributed by atoms with van der Waals surface area (Å²) in [5.41, 5.74) is 3.31. The summed E-state index contributed by atoms with van der Waals surface area (Å²) < 4.78 is 25.4. The first-order chi connectivity index (χ1) is 13.7. The Morgan fingerprint density at radius 1 is 0.929 bits per heavy atom. The number of hydrogen-bond donors (Lipinski definition) is 0. The first-order valence-corrected chi connectivity index (χ1v) is 9.48. The largest absolute Gasteiger partial charge is 0.493 e. The maximum Gasteiger partial charge on any atom is 0.212 e. The molecular weight excluding hydrogens is 379 g/mol. The third kappa shape index (κ3) is 3.63. The third-order valence-electron chi connectivity index (χ3n) is 4.19. The highest BCUT2D eigenvalue weighted by atomic mass is 32.2. The molecule has 0 aliphatic heterocycles. The Bertz CT molecular complexity index is 1120. The molecule has 0 saturated carbocycles. The number of halogens is 1. The van der Waals surface area contributed by atoms with E-state index in [9.17, 15) is 4.39 Å². The number of nitrogens with zero attached hydrogens (tertiary/aromatic N) is 4. The Balaban J connectivity index is 1.63. The topological polar surface area (TPSA) is 61.5 Å². The van der Waals surface area contributed by atoms with Crippen LogP contribution < -0.4 is 9.47 Å². The van der Waals surface area contributed by atoms with Crippen LogP contribution in [0, 0.1) is 5.82 Å². The molecule has 4 rings (SSSR count). The summed E-state index contributed by atoms with van der Waals surface area (Å²) >= 11 is 1.49. The van der Waals surface area contributed by atoms with Crippen LogP contribution in [0.25, 0.3) is 16.9 Å². The van der Waals surface area contributed by atoms with E-state index in [0.29, 0.717) is 28.1 Å². The van der Waals surface area contributed by atoms with Gasteiger partial charge in [0, 0.05) is 11.3 Å². The molecule has 2 heterocycles. The molecule has 0 saturated heterocycles. The van der Waals surface area contributed by atoms with Crippen LogP contribution >= 0.6 is 11.8 Å². The second-order valence-corrected chi connectivity index (χ2v) is 6.90. The van der Waals surface area contributed by atoms with Gasteiger partial charge in [0.25, 0.3) is 0 Å². The fourth-order valence-corrected chi connectivity index (χ4v) is 3.58. The summed E-state index contributed by atoms with van der Waals surface area (Å²) in [4.78, 5) is 0. The molecule has 8 heteroatoms. The minimum atomic E-state index is -0.247. The molecule has 0 fully saturated rings. The second-order valence-electron chi connectivity index (χ2n) is 5.96. The van der Waals surface area contributed by atoms with Gasteiger partial charge in [0.2, 0.25) is 5.16 Å². The number of hydrogen-bond acceptors (Lipinski definition) is 6. The van der Waals surface area contributed by atoms with Crippen molar-refractivity contribution < 1.29 is 13.9 Å². The predicted molar refractivity (Wildman–Crippen MR) is 105 cm³/mol. The average Bonchev–Trinajstić information content (AvgIpc) is 3.15. The van der Waals surface area contributed by atoms with Gasteiger partial charge in [0.05, 0.1) is 19.9 Å². The molecule has 0 amide bonds. The van der Waals surface area contributed by atoms with Gasteiger partial charge in [0.15, 0.2) is 17.1 Å². The van der Waals surface area contributed by atoms with Crippen LogP contribution in [-0.4, -0.2) is 34.0 Å². The number of rotatable bonds is 6. The van der Waals surface area contributed by atoms with Crippen molar-refractivity contribution in [3.63, 3.8) is 0 Å². The Morgan fingerprint density at radius 3 is 2.46 bits per heavy atom. The van der Waals surface area contributed by atoms with Crippen LogP contribution in [0.5, 0.6) is 11.5 Å². The molecule has 6 nitrogen and oxygen atoms in total. The van der Waals surface area contributed by atoms with Crippen molar-refractivity contribution in [1.29, 1.82) is 0 Å². The molecule has 0 aliphatic rings. The first kappa shape index (κ1) is 18.2. The van der Waals surface area contributed by atoms with Crippen LogP contribution in [0.4, 0.5) is 4.39 Å². The Labute approximate surface area is 165 Å². The summed E-state index contributed by atoms with van der Waals surface area (Å²) in [7, 11) is 3.20. The van der Waals surface area contributed by atoms with Crippen molar-refractivity contribution >= 4 is 17.4 Å². The van der Waals surface area contributed by atoms with Gasteiger partial charge in [-0.25, -0.2) is 4.39 Å². The van der Waals surface area contributed by atoms with Gasteiger partial charge in [-0.2, -0.15) is 9.61 Å². The van der Waals surface area contributed by atoms with Crippen molar-refractivity contribution in [2.75, 3.05) is 14.2 Å². The second kappa shape index (κ2) is 7.85. The Kier molecular flexibility index (Phi) is 5.12. The number of fused-ring (bicyclic) bond motifs is 1. The van der Waals surface area contributed by atoms with E-state index < -0.39 is 0 Å². The van der Waals surface area contributed by atoms with E-state index in [1.807, 2.05) is 30.3 Å². The molecule has 0 bridgehead atoms. The minimum absolute atomic E-state index is 0.247. The maximum absolute atomic E-state index is 13.1. The molecule has 0 N–H and O–H groups in total. The van der Waals surface area contributed by atoms with Gasteiger partial charge in [0.1, 0.15) is 5.82 Å². The average molecular weight is 396 g/mol. The van der Waals surface area contributed by atoms with Gasteiger partial charge in [-0.3, -0.25) is 0 Å². The molecule has 0 aliphatic carbocycles. The molecule has 0 spiro atoms. The number of benzene rings is 2. The van der Waals surface area contributed by atoms with E-state index in [4.69, 9.17) is 9.47 Å². The fourth-order valence-electron chi connectivity index (χ4n) is 2.74. The van der Waals surface area contributed by atoms with Crippen LogP contribution in [0.15, 0.2) is 59.8 Å². The lowest BCUT2D eigenvalue weighted by atomic mass is 10.1. The number of ether oxygens (including phenoxy) is 2. The zero-order valence-corrected chi connectivity index (χ0v) is 16.1. The minimum Gasteiger partial charge on any atom is -0.493 e. The van der Waals surface area contributed by atoms with E-state index in [1.165, 1.54) is 23.9 Å². The van der Waals surface area contributed by atoms with E-state index >= 15 is 0 Å². The van der Waals surface area contributed by atoms with E-state index in [0.717, 1.165) is 16.8 Å². The third-order valence-corrected chi connectivity index (χ3v) is 5.19. The smallest absolute Gasteiger partial charge is 0.212 e. The molecule has 142 valence electrons. The van der Waals surface area contributed by atoms with Gasteiger partial charge in [-0.1, -0.05) is 23.9 Å². The van der Waals surface area contributed by atoms with Gasteiger partial charge in [-0.05, 0) is 48.0 Å². The molecule has 0 radical (unpaired) electrons. The lowest BCUT2D eigenvalue weighted by Crippen LogP contribution is -1.97. The van der Waals surface area contributed by atoms with Crippen molar-refractivity contribution in [2.45, 2.75) is 10.9 Å². The van der Waals surface area contributed by atoms with Crippen LogP contribution in [0.3, 0.4) is 0 Å². The molecule has 28 heavy (non-hydrogen) atoms. The summed E-state index contributed by atoms with van der Waals surface area (Å²) in [6.07, 6.45) is 0. The lowest BCUT2D eigenvalue weighted by Gasteiger charge is -2.09. The summed E-state index contributed by atoms with van der Waals surface area (Å²) in [5.74, 6) is 1.69. The zero-order chi connectivity index (χ0) is 19.5. The van der Waals surface area contributed by atoms with Crippen molar-refractivity contribution in [2.24, 2.45) is 0 Å². The summed E-state index contributed by atoms with van der Waals surface area (Å²) in [5, 5.41) is 13.7. The highest BCUT2D eigenvalue weighted by molar-refractivity contribution is 7.98. The van der Waals surface area contributed by atoms with Gasteiger partial charge < -0.3 is 9.47 Å². The van der Waals surface area contributed by atoms with Gasteiger partial charge in [-0.15, -0.1) is 10.2 Å². The summed E-state index contributed by atoms with van der Waals surface area (Å²) in [6.45, 7) is 0. The molecular formula is C20H17FN4O2S. The zero-order valence-electron chi connectivity index (χ0n) is 15.3. The normalized spacial score (nSPS) is 11.0. The predicted octanol–water partition coefficient (Wildman–Crippen LogP) is 4.24. The molecule has 0 unspecified atom stereocenters. The molecule has 2 aromatic heterocycles. The van der Waals surface area contributed by atoms with Crippen molar-refractivity contribution in [3.05, 3.63) is 66.0 Å². The monoisotopic (exact) mass is 396 g/mol. The van der Waals surface area contributed by atoms with Gasteiger partial charge >= 0.3 is 0 Å². The Hall–Kier alpha value is -3.13. The lowest BCUT2D eigenvalue weighted by molar-refractivity contribution is 0.355. The van der Waals surface area contributed by atoms with Crippen LogP contribution in [-0.2, 0) is 5.75 Å². The van der Waals surface area contributed by atoms with Crippen molar-refractivity contribution in [3.8, 4) is 22.8 Å². The number of methoxy groups -OCH3 is 2. The fraction of sp³-hybridized carbons (Fsp3) is 0.150. The molecule has 2 aromatic carbocycles. The summed E-state index contributed by atoms with van der Waals surface area (Å²) in [6, 6.07) is 15.8. The molecule has 0 atom stereocenters. The first-order valence-electron chi connectivity index (χ1n) is 8.50. The molecule has 4 aromatic rings. The number of aromatic nitrogens is 4. The van der Waals surface area contributed by atoms with Crippen molar-refractivity contribution in [1.82, 2.24) is 19.8 Å². The van der Waals surface area contributed by atoms with E-state index in [-0.39, 0.29) is 5.82 Å². The number of thioether (sulfide) groups is 1. The van der Waals surface area contributed by atoms with E-state index in [1.54, 1.807) is 30.9 Å². The van der Waals surface area contributed by atoms with E-state index in [2.05, 4.69) is 15.3 Å². The SMILES string of the molecule is COc1ccc(-c2ccc3nnc(SCc4ccc(F)cc4)n3n2)cc1OC. The highest BCUT2D eigenvalue weighted by Crippen LogP contribution is 2.32. The standard InChI is InChI=1S/C20H17FN4O2S/c1-26-17-9-5-14(11-18(17)27-2)16-8-10-19-22-23-20(25(19)24-16)28-12-13-3-6-15(21)7-4-13/h3-11H,12H2,1-2H3. The highest BCUT2D eigenvalue weighted by Gasteiger charge is 2.12. The van der Waals surface area contributed by atoms with Crippen LogP contribution in [0.2, 0.25) is 0 Å². The maximum atomic E-state index is 13.1. The van der Waals surface area contributed by atoms with Crippen LogP contribution in [0.1, 0.15) is 5.56 Å².